The van der Waals surface area contributed by atoms with Gasteiger partial charge in [0, 0.05) is 13.1 Å². The summed E-state index contributed by atoms with van der Waals surface area (Å²) in [7, 11) is -3.48. The van der Waals surface area contributed by atoms with Crippen LogP contribution in [0.25, 0.3) is 0 Å². The first-order valence-corrected chi connectivity index (χ1v) is 8.91. The van der Waals surface area contributed by atoms with Crippen molar-refractivity contribution in [2.24, 2.45) is 5.41 Å². The summed E-state index contributed by atoms with van der Waals surface area (Å²) in [6.45, 7) is 7.16. The average Bonchev–Trinajstić information content (AvgIpc) is 2.60. The smallest absolute Gasteiger partial charge is 0.243 e. The number of aliphatic hydroxyl groups excluding tert-OH is 1. The van der Waals surface area contributed by atoms with E-state index in [9.17, 15) is 13.5 Å². The summed E-state index contributed by atoms with van der Waals surface area (Å²) in [5, 5.41) is 9.32. The van der Waals surface area contributed by atoms with E-state index in [1.165, 1.54) is 0 Å². The summed E-state index contributed by atoms with van der Waals surface area (Å²) in [6, 6.07) is 5.10. The summed E-state index contributed by atoms with van der Waals surface area (Å²) >= 11 is 0. The molecule has 1 N–H and O–H groups in total. The third kappa shape index (κ3) is 3.47. The largest absolute Gasteiger partial charge is 0.392 e. The monoisotopic (exact) mass is 311 g/mol. The molecule has 0 aliphatic carbocycles. The van der Waals surface area contributed by atoms with Crippen LogP contribution >= 0.6 is 0 Å². The lowest BCUT2D eigenvalue weighted by atomic mass is 9.85. The summed E-state index contributed by atoms with van der Waals surface area (Å²) in [6.07, 6.45) is 2.82. The minimum absolute atomic E-state index is 0.137. The van der Waals surface area contributed by atoms with Crippen LogP contribution in [0.5, 0.6) is 0 Å². The van der Waals surface area contributed by atoms with Gasteiger partial charge < -0.3 is 5.11 Å². The molecule has 1 aliphatic rings. The van der Waals surface area contributed by atoms with Crippen LogP contribution in [0.15, 0.2) is 23.1 Å². The molecule has 1 aromatic rings. The molecule has 4 nitrogen and oxygen atoms in total. The van der Waals surface area contributed by atoms with Crippen LogP contribution in [0.3, 0.4) is 0 Å². The molecule has 1 fully saturated rings. The second-order valence-corrected chi connectivity index (χ2v) is 8.53. The fourth-order valence-electron chi connectivity index (χ4n) is 2.89. The Morgan fingerprint density at radius 3 is 2.62 bits per heavy atom. The van der Waals surface area contributed by atoms with E-state index in [4.69, 9.17) is 0 Å². The summed E-state index contributed by atoms with van der Waals surface area (Å²) < 4.78 is 27.4. The van der Waals surface area contributed by atoms with Gasteiger partial charge in [-0.25, -0.2) is 8.42 Å². The lowest BCUT2D eigenvalue weighted by molar-refractivity contribution is 0.280. The van der Waals surface area contributed by atoms with Crippen LogP contribution in [-0.4, -0.2) is 30.9 Å². The number of rotatable bonds is 3. The molecule has 0 radical (unpaired) electrons. The molecule has 0 spiro atoms. The van der Waals surface area contributed by atoms with Gasteiger partial charge >= 0.3 is 0 Å². The molecule has 0 unspecified atom stereocenters. The van der Waals surface area contributed by atoms with Gasteiger partial charge in [-0.3, -0.25) is 0 Å². The van der Waals surface area contributed by atoms with Crippen LogP contribution in [0.4, 0.5) is 0 Å². The lowest BCUT2D eigenvalue weighted by Gasteiger charge is -2.24. The second kappa shape index (κ2) is 6.07. The molecule has 0 saturated carbocycles. The van der Waals surface area contributed by atoms with Crippen molar-refractivity contribution in [3.05, 3.63) is 29.3 Å². The first kappa shape index (κ1) is 16.5. The molecular weight excluding hydrogens is 286 g/mol. The molecule has 118 valence electrons. The number of benzene rings is 1. The third-order valence-corrected chi connectivity index (χ3v) is 6.53. The maximum atomic E-state index is 12.9. The number of nitrogens with zero attached hydrogens (tertiary/aromatic N) is 1. The molecular formula is C16H25NO3S. The van der Waals surface area contributed by atoms with E-state index >= 15 is 0 Å². The highest BCUT2D eigenvalue weighted by Crippen LogP contribution is 2.32. The van der Waals surface area contributed by atoms with Crippen molar-refractivity contribution in [3.63, 3.8) is 0 Å². The summed E-state index contributed by atoms with van der Waals surface area (Å²) in [4.78, 5) is 0.328. The minimum atomic E-state index is -3.48. The van der Waals surface area contributed by atoms with Gasteiger partial charge in [0.1, 0.15) is 0 Å². The van der Waals surface area contributed by atoms with Crippen molar-refractivity contribution in [1.82, 2.24) is 4.31 Å². The Morgan fingerprint density at radius 2 is 1.95 bits per heavy atom. The normalized spacial score (nSPS) is 20.2. The second-order valence-electron chi connectivity index (χ2n) is 6.62. The van der Waals surface area contributed by atoms with Crippen molar-refractivity contribution in [2.75, 3.05) is 13.1 Å². The van der Waals surface area contributed by atoms with Crippen molar-refractivity contribution in [2.45, 2.75) is 51.5 Å². The van der Waals surface area contributed by atoms with E-state index < -0.39 is 10.0 Å². The van der Waals surface area contributed by atoms with Gasteiger partial charge in [0.2, 0.25) is 10.0 Å². The number of hydrogen-bond donors (Lipinski definition) is 1. The molecule has 2 rings (SSSR count). The number of aliphatic hydroxyl groups is 1. The SMILES string of the molecule is Cc1c(CO)cccc1S(=O)(=O)N1CCCC(C)(C)CC1. The quantitative estimate of drug-likeness (QED) is 0.933. The third-order valence-electron chi connectivity index (χ3n) is 4.48. The first-order chi connectivity index (χ1) is 9.78. The van der Waals surface area contributed by atoms with Gasteiger partial charge in [-0.05, 0) is 48.8 Å². The van der Waals surface area contributed by atoms with Gasteiger partial charge in [0.05, 0.1) is 11.5 Å². The molecule has 1 aliphatic heterocycles. The van der Waals surface area contributed by atoms with E-state index in [1.54, 1.807) is 29.4 Å². The predicted molar refractivity (Wildman–Crippen MR) is 83.5 cm³/mol. The van der Waals surface area contributed by atoms with Crippen LogP contribution < -0.4 is 0 Å². The zero-order valence-corrected chi connectivity index (χ0v) is 13.9. The molecule has 1 heterocycles. The van der Waals surface area contributed by atoms with Gasteiger partial charge in [-0.2, -0.15) is 4.31 Å². The van der Waals surface area contributed by atoms with Crippen molar-refractivity contribution in [1.29, 1.82) is 0 Å². The van der Waals surface area contributed by atoms with E-state index in [2.05, 4.69) is 13.8 Å². The first-order valence-electron chi connectivity index (χ1n) is 7.47. The fraction of sp³-hybridized carbons (Fsp3) is 0.625. The highest BCUT2D eigenvalue weighted by Gasteiger charge is 2.31. The van der Waals surface area contributed by atoms with Crippen LogP contribution in [0.1, 0.15) is 44.2 Å². The Bertz CT molecular complexity index is 608. The Labute approximate surface area is 127 Å². The zero-order chi connectivity index (χ0) is 15.7. The predicted octanol–water partition coefficient (Wildman–Crippen LogP) is 2.69. The molecule has 5 heteroatoms. The van der Waals surface area contributed by atoms with E-state index in [-0.39, 0.29) is 12.0 Å². The fourth-order valence-corrected chi connectivity index (χ4v) is 4.64. The molecule has 0 aromatic heterocycles. The van der Waals surface area contributed by atoms with Gasteiger partial charge in [-0.15, -0.1) is 0 Å². The van der Waals surface area contributed by atoms with Crippen molar-refractivity contribution < 1.29 is 13.5 Å². The summed E-state index contributed by atoms with van der Waals surface area (Å²) in [5.74, 6) is 0. The Morgan fingerprint density at radius 1 is 1.24 bits per heavy atom. The number of sulfonamides is 1. The number of hydrogen-bond acceptors (Lipinski definition) is 3. The molecule has 21 heavy (non-hydrogen) atoms. The van der Waals surface area contributed by atoms with E-state index in [1.807, 2.05) is 0 Å². The topological polar surface area (TPSA) is 57.6 Å². The average molecular weight is 311 g/mol. The van der Waals surface area contributed by atoms with E-state index in [0.717, 1.165) is 19.3 Å². The zero-order valence-electron chi connectivity index (χ0n) is 13.1. The molecule has 0 amide bonds. The van der Waals surface area contributed by atoms with Crippen LogP contribution in [0.2, 0.25) is 0 Å². The Kier molecular flexibility index (Phi) is 4.76. The van der Waals surface area contributed by atoms with E-state index in [0.29, 0.717) is 29.1 Å². The van der Waals surface area contributed by atoms with Crippen molar-refractivity contribution >= 4 is 10.0 Å². The maximum absolute atomic E-state index is 12.9. The Hall–Kier alpha value is -0.910. The lowest BCUT2D eigenvalue weighted by Crippen LogP contribution is -2.33. The Balaban J connectivity index is 2.34. The van der Waals surface area contributed by atoms with Crippen molar-refractivity contribution in [3.8, 4) is 0 Å². The highest BCUT2D eigenvalue weighted by molar-refractivity contribution is 7.89. The standard InChI is InChI=1S/C16H25NO3S/c1-13-14(12-18)6-4-7-15(13)21(19,20)17-10-5-8-16(2,3)9-11-17/h4,6-7,18H,5,8-12H2,1-3H3. The molecule has 1 aromatic carbocycles. The van der Waals surface area contributed by atoms with Gasteiger partial charge in [-0.1, -0.05) is 26.0 Å². The highest BCUT2D eigenvalue weighted by atomic mass is 32.2. The minimum Gasteiger partial charge on any atom is -0.392 e. The molecule has 1 saturated heterocycles. The maximum Gasteiger partial charge on any atom is 0.243 e. The van der Waals surface area contributed by atoms with Gasteiger partial charge in [0.25, 0.3) is 0 Å². The molecule has 0 atom stereocenters. The molecule has 0 bridgehead atoms. The van der Waals surface area contributed by atoms with Crippen LogP contribution in [-0.2, 0) is 16.6 Å². The van der Waals surface area contributed by atoms with Gasteiger partial charge in [0.15, 0.2) is 0 Å². The summed E-state index contributed by atoms with van der Waals surface area (Å²) in [5.41, 5.74) is 1.53. The van der Waals surface area contributed by atoms with Crippen LogP contribution in [0, 0.1) is 12.3 Å².